The van der Waals surface area contributed by atoms with Crippen LogP contribution in [0, 0.1) is 5.41 Å². The summed E-state index contributed by atoms with van der Waals surface area (Å²) in [6, 6.07) is 12.9. The molecular formula is C25H29Cl2NO6S. The predicted molar refractivity (Wildman–Crippen MR) is 135 cm³/mol. The van der Waals surface area contributed by atoms with Crippen LogP contribution in [0.15, 0.2) is 48.5 Å². The first-order chi connectivity index (χ1) is 16.4. The zero-order valence-electron chi connectivity index (χ0n) is 19.8. The van der Waals surface area contributed by atoms with Crippen LogP contribution in [0.2, 0.25) is 10.0 Å². The molecule has 1 heterocycles. The van der Waals surface area contributed by atoms with E-state index in [-0.39, 0.29) is 24.7 Å². The number of methoxy groups -OCH3 is 1. The first kappa shape index (κ1) is 27.5. The molecule has 0 saturated carbocycles. The van der Waals surface area contributed by atoms with Crippen molar-refractivity contribution in [2.75, 3.05) is 12.9 Å². The second kappa shape index (κ2) is 10.9. The van der Waals surface area contributed by atoms with Gasteiger partial charge in [-0.25, -0.2) is 0 Å². The largest absolute Gasteiger partial charge is 0.469 e. The Labute approximate surface area is 216 Å². The Morgan fingerprint density at radius 3 is 2.37 bits per heavy atom. The maximum Gasteiger partial charge on any atom is 0.306 e. The van der Waals surface area contributed by atoms with Crippen LogP contribution in [-0.4, -0.2) is 48.7 Å². The number of carbonyl (C=O) groups excluding carboxylic acids is 2. The van der Waals surface area contributed by atoms with E-state index < -0.39 is 39.3 Å². The molecule has 1 N–H and O–H groups in total. The molecule has 190 valence electrons. The molecule has 1 saturated heterocycles. The fraction of sp³-hybridized carbons (Fsp3) is 0.440. The van der Waals surface area contributed by atoms with E-state index in [1.807, 2.05) is 18.2 Å². The van der Waals surface area contributed by atoms with Crippen molar-refractivity contribution in [3.05, 3.63) is 69.7 Å². The van der Waals surface area contributed by atoms with Crippen molar-refractivity contribution in [1.29, 1.82) is 0 Å². The van der Waals surface area contributed by atoms with Gasteiger partial charge in [0, 0.05) is 22.0 Å². The van der Waals surface area contributed by atoms with Gasteiger partial charge in [0.15, 0.2) is 0 Å². The summed E-state index contributed by atoms with van der Waals surface area (Å²) in [5, 5.41) is 1.03. The molecule has 0 unspecified atom stereocenters. The second-order valence-corrected chi connectivity index (χ2v) is 11.6. The summed E-state index contributed by atoms with van der Waals surface area (Å²) in [6.45, 7) is 3.44. The second-order valence-electron chi connectivity index (χ2n) is 9.20. The van der Waals surface area contributed by atoms with E-state index in [1.165, 1.54) is 12.0 Å². The minimum atomic E-state index is -4.40. The Hall–Kier alpha value is -2.13. The summed E-state index contributed by atoms with van der Waals surface area (Å²) in [5.41, 5.74) is 0.421. The predicted octanol–water partition coefficient (Wildman–Crippen LogP) is 5.29. The lowest BCUT2D eigenvalue weighted by atomic mass is 9.67. The number of benzene rings is 2. The fourth-order valence-corrected chi connectivity index (χ4v) is 6.18. The molecule has 0 aromatic heterocycles. The number of halogens is 2. The molecular weight excluding hydrogens is 513 g/mol. The van der Waals surface area contributed by atoms with Crippen molar-refractivity contribution in [3.8, 4) is 0 Å². The van der Waals surface area contributed by atoms with E-state index in [9.17, 15) is 22.6 Å². The van der Waals surface area contributed by atoms with Gasteiger partial charge in [-0.15, -0.1) is 0 Å². The average Bonchev–Trinajstić information content (AvgIpc) is 2.79. The van der Waals surface area contributed by atoms with Gasteiger partial charge in [-0.2, -0.15) is 8.42 Å². The Morgan fingerprint density at radius 2 is 1.83 bits per heavy atom. The molecule has 0 radical (unpaired) electrons. The standard InChI is InChI=1S/C25H29Cl2NO6S/c1-4-20(15-35(31,32)33)28-23(16-8-10-18(26)11-9-16)21(17-6-5-7-19(27)12-17)13-25(2,24(28)30)14-22(29)34-3/h5-12,20-21,23H,4,13-15H2,1-3H3,(H,31,32,33)/t20-,21+,23+,25+/m0/s1. The zero-order chi connectivity index (χ0) is 26.0. The van der Waals surface area contributed by atoms with Crippen LogP contribution in [0.5, 0.6) is 0 Å². The lowest BCUT2D eigenvalue weighted by molar-refractivity contribution is -0.161. The van der Waals surface area contributed by atoms with E-state index in [0.717, 1.165) is 11.1 Å². The van der Waals surface area contributed by atoms with Crippen molar-refractivity contribution in [3.63, 3.8) is 0 Å². The van der Waals surface area contributed by atoms with Crippen LogP contribution in [0.25, 0.3) is 0 Å². The third-order valence-corrected chi connectivity index (χ3v) is 7.91. The van der Waals surface area contributed by atoms with Crippen molar-refractivity contribution < 1.29 is 27.3 Å². The zero-order valence-corrected chi connectivity index (χ0v) is 22.1. The van der Waals surface area contributed by atoms with E-state index in [1.54, 1.807) is 44.2 Å². The van der Waals surface area contributed by atoms with Crippen LogP contribution in [0.1, 0.15) is 56.2 Å². The number of amides is 1. The molecule has 0 aliphatic carbocycles. The summed E-state index contributed by atoms with van der Waals surface area (Å²) in [4.78, 5) is 27.9. The number of rotatable bonds is 8. The maximum absolute atomic E-state index is 14.1. The first-order valence-corrected chi connectivity index (χ1v) is 13.6. The molecule has 1 amide bonds. The maximum atomic E-state index is 14.1. The van der Waals surface area contributed by atoms with E-state index in [2.05, 4.69) is 0 Å². The summed E-state index contributed by atoms with van der Waals surface area (Å²) in [6.07, 6.45) is 0.394. The molecule has 2 aromatic carbocycles. The highest BCUT2D eigenvalue weighted by Gasteiger charge is 2.52. The molecule has 35 heavy (non-hydrogen) atoms. The monoisotopic (exact) mass is 541 g/mol. The normalized spacial score (nSPS) is 23.7. The summed E-state index contributed by atoms with van der Waals surface area (Å²) >= 11 is 12.4. The number of carbonyl (C=O) groups is 2. The summed E-state index contributed by atoms with van der Waals surface area (Å²) in [7, 11) is -3.14. The van der Waals surface area contributed by atoms with E-state index in [0.29, 0.717) is 16.5 Å². The van der Waals surface area contributed by atoms with E-state index in [4.69, 9.17) is 27.9 Å². The van der Waals surface area contributed by atoms with Gasteiger partial charge >= 0.3 is 5.97 Å². The molecule has 1 fully saturated rings. The molecule has 2 aromatic rings. The quantitative estimate of drug-likeness (QED) is 0.360. The van der Waals surface area contributed by atoms with Crippen molar-refractivity contribution in [2.45, 2.75) is 51.1 Å². The lowest BCUT2D eigenvalue weighted by Gasteiger charge is -2.51. The third kappa shape index (κ3) is 6.36. The van der Waals surface area contributed by atoms with Crippen LogP contribution in [0.3, 0.4) is 0 Å². The number of piperidine rings is 1. The molecule has 1 aliphatic heterocycles. The van der Waals surface area contributed by atoms with Crippen LogP contribution in [0.4, 0.5) is 0 Å². The Morgan fingerprint density at radius 1 is 1.17 bits per heavy atom. The summed E-state index contributed by atoms with van der Waals surface area (Å²) in [5.74, 6) is -1.89. The summed E-state index contributed by atoms with van der Waals surface area (Å²) < 4.78 is 38.4. The van der Waals surface area contributed by atoms with Crippen molar-refractivity contribution in [2.24, 2.45) is 5.41 Å². The van der Waals surface area contributed by atoms with Gasteiger partial charge in [0.25, 0.3) is 10.1 Å². The van der Waals surface area contributed by atoms with Crippen molar-refractivity contribution in [1.82, 2.24) is 4.90 Å². The highest BCUT2D eigenvalue weighted by atomic mass is 35.5. The lowest BCUT2D eigenvalue weighted by Crippen LogP contribution is -2.57. The molecule has 1 aliphatic rings. The molecule has 7 nitrogen and oxygen atoms in total. The molecule has 3 rings (SSSR count). The van der Waals surface area contributed by atoms with Crippen molar-refractivity contribution >= 4 is 45.2 Å². The number of hydrogen-bond acceptors (Lipinski definition) is 5. The minimum absolute atomic E-state index is 0.175. The van der Waals surface area contributed by atoms with Gasteiger partial charge in [0.1, 0.15) is 0 Å². The Kier molecular flexibility index (Phi) is 8.52. The number of nitrogens with zero attached hydrogens (tertiary/aromatic N) is 1. The highest BCUT2D eigenvalue weighted by Crippen LogP contribution is 2.52. The van der Waals surface area contributed by atoms with Gasteiger partial charge in [0.2, 0.25) is 5.91 Å². The van der Waals surface area contributed by atoms with Crippen LogP contribution < -0.4 is 0 Å². The Bertz CT molecular complexity index is 1190. The van der Waals surface area contributed by atoms with Gasteiger partial charge < -0.3 is 9.64 Å². The van der Waals surface area contributed by atoms with Crippen LogP contribution >= 0.6 is 23.2 Å². The number of likely N-dealkylation sites (tertiary alicyclic amines) is 1. The number of hydrogen-bond donors (Lipinski definition) is 1. The van der Waals surface area contributed by atoms with E-state index >= 15 is 0 Å². The topological polar surface area (TPSA) is 101 Å². The highest BCUT2D eigenvalue weighted by molar-refractivity contribution is 7.85. The third-order valence-electron chi connectivity index (χ3n) is 6.62. The minimum Gasteiger partial charge on any atom is -0.469 e. The molecule has 0 bridgehead atoms. The number of ether oxygens (including phenoxy) is 1. The molecule has 10 heteroatoms. The first-order valence-electron chi connectivity index (χ1n) is 11.2. The van der Waals surface area contributed by atoms with Gasteiger partial charge in [-0.1, -0.05) is 61.3 Å². The Balaban J connectivity index is 2.26. The SMILES string of the molecule is CC[C@@H](CS(=O)(=O)O)N1C(=O)[C@@](C)(CC(=O)OC)C[C@H](c2cccc(Cl)c2)[C@H]1c1ccc(Cl)cc1. The van der Waals surface area contributed by atoms with Gasteiger partial charge in [-0.3, -0.25) is 14.1 Å². The fourth-order valence-electron chi connectivity index (χ4n) is 4.98. The smallest absolute Gasteiger partial charge is 0.306 e. The van der Waals surface area contributed by atoms with Crippen LogP contribution in [-0.2, 0) is 24.4 Å². The van der Waals surface area contributed by atoms with Gasteiger partial charge in [-0.05, 0) is 48.2 Å². The van der Waals surface area contributed by atoms with Gasteiger partial charge in [0.05, 0.1) is 30.7 Å². The molecule has 0 spiro atoms. The average molecular weight is 542 g/mol. The number of esters is 1. The molecule has 4 atom stereocenters.